The van der Waals surface area contributed by atoms with Gasteiger partial charge in [-0.2, -0.15) is 11.8 Å². The number of hydrogen-bond acceptors (Lipinski definition) is 6. The van der Waals surface area contributed by atoms with E-state index in [0.717, 1.165) is 16.7 Å². The molecular weight excluding hydrogens is 208 g/mol. The minimum Gasteiger partial charge on any atom is -0.394 e. The van der Waals surface area contributed by atoms with Gasteiger partial charge in [0.25, 0.3) is 0 Å². The molecule has 0 aromatic carbocycles. The van der Waals surface area contributed by atoms with Crippen LogP contribution in [0.3, 0.4) is 0 Å². The second-order valence-electron chi connectivity index (χ2n) is 2.25. The lowest BCUT2D eigenvalue weighted by Gasteiger charge is -2.00. The molecule has 0 bridgehead atoms. The van der Waals surface area contributed by atoms with Crippen LogP contribution in [0.1, 0.15) is 0 Å². The zero-order valence-electron chi connectivity index (χ0n) is 7.38. The van der Waals surface area contributed by atoms with E-state index in [1.54, 1.807) is 28.2 Å². The average molecular weight is 220 g/mol. The summed E-state index contributed by atoms with van der Waals surface area (Å²) in [6.07, 6.45) is 2.07. The van der Waals surface area contributed by atoms with Gasteiger partial charge in [-0.3, -0.25) is 0 Å². The standard InChI is InChI=1S/C6H12N4OS2/c1-12-4-5-13-6-7-8-9-10(6)2-3-11/h11H,2-5H2,1H3. The van der Waals surface area contributed by atoms with Crippen LogP contribution in [0.15, 0.2) is 5.16 Å². The Bertz CT molecular complexity index is 242. The first kappa shape index (κ1) is 10.8. The summed E-state index contributed by atoms with van der Waals surface area (Å²) in [6, 6.07) is 0. The Morgan fingerprint density at radius 2 is 2.31 bits per heavy atom. The van der Waals surface area contributed by atoms with Crippen LogP contribution in [-0.2, 0) is 6.54 Å². The second-order valence-corrected chi connectivity index (χ2v) is 4.30. The Labute approximate surface area is 85.3 Å². The highest BCUT2D eigenvalue weighted by molar-refractivity contribution is 8.02. The van der Waals surface area contributed by atoms with Gasteiger partial charge in [0.15, 0.2) is 0 Å². The zero-order valence-corrected chi connectivity index (χ0v) is 9.01. The number of aliphatic hydroxyl groups excluding tert-OH is 1. The van der Waals surface area contributed by atoms with Crippen LogP contribution in [0.4, 0.5) is 0 Å². The smallest absolute Gasteiger partial charge is 0.209 e. The van der Waals surface area contributed by atoms with E-state index in [1.165, 1.54) is 0 Å². The van der Waals surface area contributed by atoms with Crippen LogP contribution in [0.2, 0.25) is 0 Å². The van der Waals surface area contributed by atoms with Gasteiger partial charge in [-0.1, -0.05) is 11.8 Å². The fourth-order valence-corrected chi connectivity index (χ4v) is 2.30. The Morgan fingerprint density at radius 3 is 3.00 bits per heavy atom. The molecule has 5 nitrogen and oxygen atoms in total. The number of nitrogens with zero attached hydrogens (tertiary/aromatic N) is 4. The maximum absolute atomic E-state index is 8.70. The van der Waals surface area contributed by atoms with Gasteiger partial charge in [-0.25, -0.2) is 4.68 Å². The number of tetrazole rings is 1. The first-order valence-corrected chi connectivity index (χ1v) is 6.25. The van der Waals surface area contributed by atoms with Gasteiger partial charge in [0.1, 0.15) is 0 Å². The van der Waals surface area contributed by atoms with Crippen LogP contribution < -0.4 is 0 Å². The molecule has 1 aromatic rings. The number of rotatable bonds is 6. The largest absolute Gasteiger partial charge is 0.394 e. The number of aromatic nitrogens is 4. The summed E-state index contributed by atoms with van der Waals surface area (Å²) in [4.78, 5) is 0. The summed E-state index contributed by atoms with van der Waals surface area (Å²) in [5.41, 5.74) is 0. The molecule has 0 aliphatic carbocycles. The third kappa shape index (κ3) is 3.53. The Hall–Kier alpha value is -0.270. The van der Waals surface area contributed by atoms with E-state index in [1.807, 2.05) is 0 Å². The van der Waals surface area contributed by atoms with Crippen molar-refractivity contribution in [3.8, 4) is 0 Å². The van der Waals surface area contributed by atoms with E-state index in [9.17, 15) is 0 Å². The predicted molar refractivity (Wildman–Crippen MR) is 54.0 cm³/mol. The van der Waals surface area contributed by atoms with Gasteiger partial charge < -0.3 is 5.11 Å². The van der Waals surface area contributed by atoms with Crippen molar-refractivity contribution in [3.05, 3.63) is 0 Å². The Kier molecular flexibility index (Phi) is 5.18. The summed E-state index contributed by atoms with van der Waals surface area (Å²) in [5, 5.41) is 20.6. The van der Waals surface area contributed by atoms with Crippen molar-refractivity contribution in [1.29, 1.82) is 0 Å². The van der Waals surface area contributed by atoms with E-state index in [-0.39, 0.29) is 6.61 Å². The van der Waals surface area contributed by atoms with Crippen molar-refractivity contribution in [2.24, 2.45) is 0 Å². The Balaban J connectivity index is 2.40. The second kappa shape index (κ2) is 6.22. The summed E-state index contributed by atoms with van der Waals surface area (Å²) in [7, 11) is 0. The third-order valence-corrected chi connectivity index (χ3v) is 3.16. The molecule has 0 saturated heterocycles. The molecule has 0 aliphatic rings. The lowest BCUT2D eigenvalue weighted by molar-refractivity contribution is 0.262. The van der Waals surface area contributed by atoms with E-state index in [0.29, 0.717) is 6.54 Å². The first-order chi connectivity index (χ1) is 6.38. The predicted octanol–water partition coefficient (Wildman–Crippen LogP) is 0.120. The van der Waals surface area contributed by atoms with Crippen molar-refractivity contribution in [1.82, 2.24) is 20.2 Å². The molecule has 1 N–H and O–H groups in total. The summed E-state index contributed by atoms with van der Waals surface area (Å²) >= 11 is 3.41. The van der Waals surface area contributed by atoms with Crippen LogP contribution in [0.25, 0.3) is 0 Å². The SMILES string of the molecule is CSCCSc1nnnn1CCO. The number of hydrogen-bond donors (Lipinski definition) is 1. The molecule has 0 unspecified atom stereocenters. The van der Waals surface area contributed by atoms with Crippen molar-refractivity contribution >= 4 is 23.5 Å². The van der Waals surface area contributed by atoms with E-state index >= 15 is 0 Å². The molecule has 0 saturated carbocycles. The molecule has 0 aliphatic heterocycles. The van der Waals surface area contributed by atoms with Gasteiger partial charge in [-0.15, -0.1) is 5.10 Å². The fourth-order valence-electron chi connectivity index (χ4n) is 0.751. The normalized spacial score (nSPS) is 10.6. The van der Waals surface area contributed by atoms with Crippen LogP contribution in [0.5, 0.6) is 0 Å². The topological polar surface area (TPSA) is 63.8 Å². The lowest BCUT2D eigenvalue weighted by atomic mass is 10.7. The molecule has 1 aromatic heterocycles. The van der Waals surface area contributed by atoms with Crippen LogP contribution in [0, 0.1) is 0 Å². The molecule has 7 heteroatoms. The molecular formula is C6H12N4OS2. The number of aliphatic hydroxyl groups is 1. The lowest BCUT2D eigenvalue weighted by Crippen LogP contribution is -2.06. The fraction of sp³-hybridized carbons (Fsp3) is 0.833. The summed E-state index contributed by atoms with van der Waals surface area (Å²) in [6.45, 7) is 0.537. The van der Waals surface area contributed by atoms with Crippen molar-refractivity contribution in [2.45, 2.75) is 11.7 Å². The van der Waals surface area contributed by atoms with Crippen LogP contribution in [-0.4, -0.2) is 49.7 Å². The highest BCUT2D eigenvalue weighted by Crippen LogP contribution is 2.14. The van der Waals surface area contributed by atoms with E-state index < -0.39 is 0 Å². The summed E-state index contributed by atoms with van der Waals surface area (Å²) in [5.74, 6) is 2.07. The van der Waals surface area contributed by atoms with Gasteiger partial charge in [0, 0.05) is 11.5 Å². The number of thioether (sulfide) groups is 2. The zero-order chi connectivity index (χ0) is 9.52. The Morgan fingerprint density at radius 1 is 1.46 bits per heavy atom. The van der Waals surface area contributed by atoms with Gasteiger partial charge in [-0.05, 0) is 16.7 Å². The van der Waals surface area contributed by atoms with E-state index in [2.05, 4.69) is 21.8 Å². The third-order valence-electron chi connectivity index (χ3n) is 1.33. The maximum atomic E-state index is 8.70. The highest BCUT2D eigenvalue weighted by Gasteiger charge is 2.04. The van der Waals surface area contributed by atoms with Gasteiger partial charge in [0.05, 0.1) is 13.2 Å². The van der Waals surface area contributed by atoms with Crippen molar-refractivity contribution in [2.75, 3.05) is 24.4 Å². The highest BCUT2D eigenvalue weighted by atomic mass is 32.2. The van der Waals surface area contributed by atoms with Gasteiger partial charge in [0.2, 0.25) is 5.16 Å². The van der Waals surface area contributed by atoms with Crippen molar-refractivity contribution in [3.63, 3.8) is 0 Å². The average Bonchev–Trinajstić information content (AvgIpc) is 2.54. The van der Waals surface area contributed by atoms with Gasteiger partial charge >= 0.3 is 0 Å². The van der Waals surface area contributed by atoms with E-state index in [4.69, 9.17) is 5.11 Å². The molecule has 1 rings (SSSR count). The molecule has 0 radical (unpaired) electrons. The quantitative estimate of drug-likeness (QED) is 0.543. The molecule has 74 valence electrons. The molecule has 0 fully saturated rings. The molecule has 1 heterocycles. The minimum atomic E-state index is 0.0706. The molecule has 13 heavy (non-hydrogen) atoms. The molecule has 0 atom stereocenters. The van der Waals surface area contributed by atoms with Crippen molar-refractivity contribution < 1.29 is 5.11 Å². The van der Waals surface area contributed by atoms with Crippen LogP contribution >= 0.6 is 23.5 Å². The maximum Gasteiger partial charge on any atom is 0.209 e. The summed E-state index contributed by atoms with van der Waals surface area (Å²) < 4.78 is 1.62. The first-order valence-electron chi connectivity index (χ1n) is 3.87. The minimum absolute atomic E-state index is 0.0706. The molecule has 0 amide bonds. The molecule has 0 spiro atoms. The monoisotopic (exact) mass is 220 g/mol.